The molecule has 144 valence electrons. The highest BCUT2D eigenvalue weighted by Crippen LogP contribution is 2.31. The first-order valence-electron chi connectivity index (χ1n) is 9.47. The van der Waals surface area contributed by atoms with Crippen molar-refractivity contribution in [2.24, 2.45) is 0 Å². The van der Waals surface area contributed by atoms with E-state index >= 15 is 0 Å². The van der Waals surface area contributed by atoms with E-state index in [-0.39, 0.29) is 5.91 Å². The van der Waals surface area contributed by atoms with Crippen LogP contribution in [0.2, 0.25) is 5.02 Å². The van der Waals surface area contributed by atoms with Gasteiger partial charge < -0.3 is 5.32 Å². The lowest BCUT2D eigenvalue weighted by atomic mass is 9.97. The maximum atomic E-state index is 13.4. The first-order valence-corrected chi connectivity index (χ1v) is 9.85. The Bertz CT molecular complexity index is 1230. The van der Waals surface area contributed by atoms with Crippen molar-refractivity contribution in [2.75, 3.05) is 5.32 Å². The van der Waals surface area contributed by atoms with Gasteiger partial charge in [-0.25, -0.2) is 4.98 Å². The second-order valence-corrected chi connectivity index (χ2v) is 7.75. The Kier molecular flexibility index (Phi) is 5.08. The molecule has 1 heterocycles. The fourth-order valence-electron chi connectivity index (χ4n) is 3.76. The van der Waals surface area contributed by atoms with Gasteiger partial charge in [0.25, 0.3) is 5.91 Å². The molecule has 0 saturated carbocycles. The van der Waals surface area contributed by atoms with E-state index in [2.05, 4.69) is 11.4 Å². The third-order valence-electron chi connectivity index (χ3n) is 4.94. The smallest absolute Gasteiger partial charge is 0.256 e. The van der Waals surface area contributed by atoms with Crippen LogP contribution in [0.4, 0.5) is 5.69 Å². The minimum Gasteiger partial charge on any atom is -0.322 e. The lowest BCUT2D eigenvalue weighted by molar-refractivity contribution is 0.102. The third-order valence-corrected chi connectivity index (χ3v) is 5.18. The van der Waals surface area contributed by atoms with E-state index in [0.717, 1.165) is 44.5 Å². The first kappa shape index (κ1) is 19.2. The number of hydrogen-bond donors (Lipinski definition) is 1. The Morgan fingerprint density at radius 2 is 1.62 bits per heavy atom. The topological polar surface area (TPSA) is 42.0 Å². The molecule has 0 spiro atoms. The van der Waals surface area contributed by atoms with Crippen LogP contribution in [-0.2, 0) is 0 Å². The minimum atomic E-state index is -0.144. The van der Waals surface area contributed by atoms with Crippen molar-refractivity contribution >= 4 is 34.1 Å². The largest absolute Gasteiger partial charge is 0.322 e. The van der Waals surface area contributed by atoms with Crippen LogP contribution < -0.4 is 5.32 Å². The number of rotatable bonds is 3. The number of carbonyl (C=O) groups is 1. The molecular formula is C25H21ClN2O. The molecule has 1 N–H and O–H groups in total. The molecule has 0 fully saturated rings. The highest BCUT2D eigenvalue weighted by molar-refractivity contribution is 6.30. The summed E-state index contributed by atoms with van der Waals surface area (Å²) in [4.78, 5) is 18.2. The van der Waals surface area contributed by atoms with Gasteiger partial charge in [0, 0.05) is 21.7 Å². The number of anilines is 1. The molecular weight excluding hydrogens is 380 g/mol. The normalized spacial score (nSPS) is 10.9. The molecule has 0 saturated heterocycles. The maximum Gasteiger partial charge on any atom is 0.256 e. The summed E-state index contributed by atoms with van der Waals surface area (Å²) in [6.07, 6.45) is 0. The van der Waals surface area contributed by atoms with E-state index in [1.165, 1.54) is 0 Å². The summed E-state index contributed by atoms with van der Waals surface area (Å²) in [6, 6.07) is 21.3. The van der Waals surface area contributed by atoms with Crippen LogP contribution in [0.1, 0.15) is 27.0 Å². The predicted octanol–water partition coefficient (Wildman–Crippen LogP) is 6.73. The number of nitrogens with zero attached hydrogens (tertiary/aromatic N) is 1. The number of halogens is 1. The first-order chi connectivity index (χ1) is 13.9. The van der Waals surface area contributed by atoms with Crippen LogP contribution in [0.5, 0.6) is 0 Å². The van der Waals surface area contributed by atoms with Gasteiger partial charge in [0.05, 0.1) is 16.8 Å². The Morgan fingerprint density at radius 3 is 2.34 bits per heavy atom. The van der Waals surface area contributed by atoms with E-state index in [9.17, 15) is 4.79 Å². The van der Waals surface area contributed by atoms with Crippen LogP contribution in [0, 0.1) is 20.8 Å². The molecule has 4 heteroatoms. The molecule has 0 unspecified atom stereocenters. The molecule has 1 amide bonds. The molecule has 3 nitrogen and oxygen atoms in total. The number of nitrogens with one attached hydrogen (secondary N) is 1. The van der Waals surface area contributed by atoms with Gasteiger partial charge >= 0.3 is 0 Å². The summed E-state index contributed by atoms with van der Waals surface area (Å²) >= 11 is 6.20. The SMILES string of the molecule is Cc1cc(C)cc(NC(=O)c2c(C)c(-c3cccc(Cl)c3)nc3ccccc23)c1. The van der Waals surface area contributed by atoms with Gasteiger partial charge in [0.1, 0.15) is 0 Å². The summed E-state index contributed by atoms with van der Waals surface area (Å²) in [5, 5.41) is 4.54. The summed E-state index contributed by atoms with van der Waals surface area (Å²) in [5.74, 6) is -0.144. The fraction of sp³-hybridized carbons (Fsp3) is 0.120. The van der Waals surface area contributed by atoms with Crippen molar-refractivity contribution in [3.05, 3.63) is 94.0 Å². The van der Waals surface area contributed by atoms with Crippen molar-refractivity contribution in [3.8, 4) is 11.3 Å². The lowest BCUT2D eigenvalue weighted by Crippen LogP contribution is -2.15. The van der Waals surface area contributed by atoms with E-state index < -0.39 is 0 Å². The molecule has 0 aliphatic heterocycles. The Labute approximate surface area is 175 Å². The van der Waals surface area contributed by atoms with Gasteiger partial charge in [-0.2, -0.15) is 0 Å². The van der Waals surface area contributed by atoms with E-state index in [1.807, 2.05) is 81.4 Å². The minimum absolute atomic E-state index is 0.144. The monoisotopic (exact) mass is 400 g/mol. The quantitative estimate of drug-likeness (QED) is 0.414. The Balaban J connectivity index is 1.88. The van der Waals surface area contributed by atoms with Crippen molar-refractivity contribution in [1.29, 1.82) is 0 Å². The number of aromatic nitrogens is 1. The van der Waals surface area contributed by atoms with Crippen LogP contribution in [0.25, 0.3) is 22.2 Å². The number of para-hydroxylation sites is 1. The molecule has 4 rings (SSSR count). The van der Waals surface area contributed by atoms with Crippen LogP contribution in [-0.4, -0.2) is 10.9 Å². The molecule has 1 aromatic heterocycles. The lowest BCUT2D eigenvalue weighted by Gasteiger charge is -2.15. The van der Waals surface area contributed by atoms with Crippen molar-refractivity contribution in [3.63, 3.8) is 0 Å². The summed E-state index contributed by atoms with van der Waals surface area (Å²) in [5.41, 5.74) is 6.89. The summed E-state index contributed by atoms with van der Waals surface area (Å²) in [6.45, 7) is 5.98. The van der Waals surface area contributed by atoms with Crippen molar-refractivity contribution in [1.82, 2.24) is 4.98 Å². The van der Waals surface area contributed by atoms with E-state index in [1.54, 1.807) is 0 Å². The second kappa shape index (κ2) is 7.69. The number of fused-ring (bicyclic) bond motifs is 1. The fourth-order valence-corrected chi connectivity index (χ4v) is 3.95. The second-order valence-electron chi connectivity index (χ2n) is 7.32. The zero-order valence-electron chi connectivity index (χ0n) is 16.6. The number of pyridine rings is 1. The molecule has 4 aromatic rings. The summed E-state index contributed by atoms with van der Waals surface area (Å²) in [7, 11) is 0. The maximum absolute atomic E-state index is 13.4. The zero-order valence-corrected chi connectivity index (χ0v) is 17.3. The van der Waals surface area contributed by atoms with Crippen molar-refractivity contribution < 1.29 is 4.79 Å². The van der Waals surface area contributed by atoms with Gasteiger partial charge in [-0.15, -0.1) is 0 Å². The van der Waals surface area contributed by atoms with Crippen LogP contribution in [0.3, 0.4) is 0 Å². The van der Waals surface area contributed by atoms with Gasteiger partial charge in [0.2, 0.25) is 0 Å². The summed E-state index contributed by atoms with van der Waals surface area (Å²) < 4.78 is 0. The molecule has 29 heavy (non-hydrogen) atoms. The average Bonchev–Trinajstić information content (AvgIpc) is 2.66. The number of hydrogen-bond acceptors (Lipinski definition) is 2. The molecule has 0 radical (unpaired) electrons. The number of benzene rings is 3. The Hall–Kier alpha value is -3.17. The number of carbonyl (C=O) groups excluding carboxylic acids is 1. The molecule has 3 aromatic carbocycles. The standard InChI is InChI=1S/C25H21ClN2O/c1-15-11-16(2)13-20(12-15)27-25(29)23-17(3)24(18-7-6-8-19(26)14-18)28-22-10-5-4-9-21(22)23/h4-14H,1-3H3,(H,27,29). The van der Waals surface area contributed by atoms with Crippen molar-refractivity contribution in [2.45, 2.75) is 20.8 Å². The zero-order chi connectivity index (χ0) is 20.5. The average molecular weight is 401 g/mol. The molecule has 0 aliphatic rings. The van der Waals surface area contributed by atoms with Gasteiger partial charge in [-0.05, 0) is 67.8 Å². The highest BCUT2D eigenvalue weighted by atomic mass is 35.5. The van der Waals surface area contributed by atoms with Gasteiger partial charge in [0.15, 0.2) is 0 Å². The van der Waals surface area contributed by atoms with Gasteiger partial charge in [-0.1, -0.05) is 48.0 Å². The molecule has 0 atom stereocenters. The van der Waals surface area contributed by atoms with E-state index in [4.69, 9.17) is 16.6 Å². The predicted molar refractivity (Wildman–Crippen MR) is 121 cm³/mol. The molecule has 0 bridgehead atoms. The van der Waals surface area contributed by atoms with Crippen LogP contribution >= 0.6 is 11.6 Å². The van der Waals surface area contributed by atoms with Crippen LogP contribution in [0.15, 0.2) is 66.7 Å². The van der Waals surface area contributed by atoms with Gasteiger partial charge in [-0.3, -0.25) is 4.79 Å². The highest BCUT2D eigenvalue weighted by Gasteiger charge is 2.19. The molecule has 0 aliphatic carbocycles. The Morgan fingerprint density at radius 1 is 0.897 bits per heavy atom. The number of amides is 1. The third kappa shape index (κ3) is 3.87. The van der Waals surface area contributed by atoms with E-state index in [0.29, 0.717) is 10.6 Å². The number of aryl methyl sites for hydroxylation is 2.